The first-order valence-electron chi connectivity index (χ1n) is 5.43. The fourth-order valence-corrected chi connectivity index (χ4v) is 1.77. The number of nitrogens with one attached hydrogen (secondary N) is 2. The molecular formula is C13H10N4O. The molecule has 0 bridgehead atoms. The van der Waals surface area contributed by atoms with Crippen LogP contribution in [-0.4, -0.2) is 5.91 Å². The summed E-state index contributed by atoms with van der Waals surface area (Å²) in [5.41, 5.74) is 2.43. The van der Waals surface area contributed by atoms with Gasteiger partial charge in [-0.05, 0) is 18.1 Å². The molecule has 0 fully saturated rings. The van der Waals surface area contributed by atoms with Crippen molar-refractivity contribution in [2.45, 2.75) is 12.8 Å². The molecular weight excluding hydrogens is 228 g/mol. The normalized spacial score (nSPS) is 12.4. The van der Waals surface area contributed by atoms with Gasteiger partial charge in [-0.1, -0.05) is 12.1 Å². The number of nitriles is 2. The van der Waals surface area contributed by atoms with E-state index in [0.29, 0.717) is 18.5 Å². The summed E-state index contributed by atoms with van der Waals surface area (Å²) in [7, 11) is 0. The largest absolute Gasteiger partial charge is 0.358 e. The zero-order valence-electron chi connectivity index (χ0n) is 9.53. The van der Waals surface area contributed by atoms with Gasteiger partial charge in [-0.3, -0.25) is 4.79 Å². The Kier molecular flexibility index (Phi) is 3.26. The van der Waals surface area contributed by atoms with Crippen LogP contribution in [-0.2, 0) is 11.2 Å². The van der Waals surface area contributed by atoms with E-state index in [2.05, 4.69) is 10.6 Å². The third kappa shape index (κ3) is 2.31. The molecule has 0 saturated heterocycles. The van der Waals surface area contributed by atoms with Crippen molar-refractivity contribution in [2.24, 2.45) is 0 Å². The summed E-state index contributed by atoms with van der Waals surface area (Å²) in [5.74, 6) is -0.0264. The van der Waals surface area contributed by atoms with E-state index >= 15 is 0 Å². The van der Waals surface area contributed by atoms with E-state index in [-0.39, 0.29) is 11.5 Å². The first kappa shape index (κ1) is 11.7. The highest BCUT2D eigenvalue weighted by atomic mass is 16.1. The van der Waals surface area contributed by atoms with E-state index in [1.165, 1.54) is 6.20 Å². The number of anilines is 2. The molecule has 5 heteroatoms. The van der Waals surface area contributed by atoms with Gasteiger partial charge in [-0.2, -0.15) is 10.5 Å². The Bertz CT molecular complexity index is 588. The molecule has 1 aromatic rings. The fourth-order valence-electron chi connectivity index (χ4n) is 1.77. The number of carbonyl (C=O) groups excluding carboxylic acids is 1. The third-order valence-corrected chi connectivity index (χ3v) is 2.65. The number of allylic oxidation sites excluding steroid dienone is 1. The molecule has 18 heavy (non-hydrogen) atoms. The zero-order chi connectivity index (χ0) is 13.0. The number of aryl methyl sites for hydroxylation is 1. The van der Waals surface area contributed by atoms with Crippen molar-refractivity contribution in [1.82, 2.24) is 0 Å². The predicted molar refractivity (Wildman–Crippen MR) is 66.3 cm³/mol. The van der Waals surface area contributed by atoms with Crippen LogP contribution in [0.5, 0.6) is 0 Å². The second kappa shape index (κ2) is 5.03. The van der Waals surface area contributed by atoms with E-state index in [1.807, 2.05) is 12.1 Å². The molecule has 1 heterocycles. The van der Waals surface area contributed by atoms with Gasteiger partial charge in [0.2, 0.25) is 5.91 Å². The van der Waals surface area contributed by atoms with Crippen LogP contribution in [0.2, 0.25) is 0 Å². The smallest absolute Gasteiger partial charge is 0.224 e. The number of rotatable bonds is 2. The molecule has 0 saturated carbocycles. The topological polar surface area (TPSA) is 88.7 Å². The number of amides is 1. The SMILES string of the molecule is N#CC(C#N)=CNc1cccc2c1NC(=O)CC2. The number of hydrogen-bond acceptors (Lipinski definition) is 4. The van der Waals surface area contributed by atoms with Gasteiger partial charge < -0.3 is 10.6 Å². The number of hydrogen-bond donors (Lipinski definition) is 2. The van der Waals surface area contributed by atoms with E-state index in [4.69, 9.17) is 10.5 Å². The summed E-state index contributed by atoms with van der Waals surface area (Å²) < 4.78 is 0. The van der Waals surface area contributed by atoms with Crippen molar-refractivity contribution in [3.8, 4) is 12.1 Å². The maximum absolute atomic E-state index is 11.4. The Labute approximate surface area is 104 Å². The number of para-hydroxylation sites is 1. The van der Waals surface area contributed by atoms with E-state index in [1.54, 1.807) is 18.2 Å². The number of nitrogens with zero attached hydrogens (tertiary/aromatic N) is 2. The van der Waals surface area contributed by atoms with Crippen LogP contribution in [0, 0.1) is 22.7 Å². The van der Waals surface area contributed by atoms with Gasteiger partial charge >= 0.3 is 0 Å². The summed E-state index contributed by atoms with van der Waals surface area (Å²) in [4.78, 5) is 11.4. The molecule has 1 aliphatic heterocycles. The minimum atomic E-state index is -0.0264. The molecule has 0 atom stereocenters. The maximum atomic E-state index is 11.4. The van der Waals surface area contributed by atoms with Crippen LogP contribution in [0.15, 0.2) is 30.0 Å². The molecule has 88 valence electrons. The highest BCUT2D eigenvalue weighted by Crippen LogP contribution is 2.30. The summed E-state index contributed by atoms with van der Waals surface area (Å²) in [6.07, 6.45) is 2.51. The number of carbonyl (C=O) groups is 1. The van der Waals surface area contributed by atoms with Crippen molar-refractivity contribution in [2.75, 3.05) is 10.6 Å². The standard InChI is InChI=1S/C13H10N4O/c14-6-9(7-15)8-16-11-3-1-2-10-4-5-12(18)17-13(10)11/h1-3,8,16H,4-5H2,(H,17,18). The molecule has 0 aromatic heterocycles. The second-order valence-electron chi connectivity index (χ2n) is 3.81. The van der Waals surface area contributed by atoms with Crippen molar-refractivity contribution in [3.05, 3.63) is 35.5 Å². The Hall–Kier alpha value is -2.79. The molecule has 1 amide bonds. The molecule has 0 aliphatic carbocycles. The van der Waals surface area contributed by atoms with Gasteiger partial charge in [0.05, 0.1) is 11.4 Å². The second-order valence-corrected chi connectivity index (χ2v) is 3.81. The van der Waals surface area contributed by atoms with Crippen LogP contribution in [0.1, 0.15) is 12.0 Å². The van der Waals surface area contributed by atoms with Crippen LogP contribution in [0.4, 0.5) is 11.4 Å². The lowest BCUT2D eigenvalue weighted by molar-refractivity contribution is -0.116. The maximum Gasteiger partial charge on any atom is 0.224 e. The first-order valence-corrected chi connectivity index (χ1v) is 5.43. The van der Waals surface area contributed by atoms with Crippen molar-refractivity contribution >= 4 is 17.3 Å². The summed E-state index contributed by atoms with van der Waals surface area (Å²) in [5, 5.41) is 22.9. The Morgan fingerprint density at radius 1 is 1.33 bits per heavy atom. The average molecular weight is 238 g/mol. The Balaban J connectivity index is 2.31. The van der Waals surface area contributed by atoms with E-state index < -0.39 is 0 Å². The van der Waals surface area contributed by atoms with Crippen molar-refractivity contribution in [1.29, 1.82) is 10.5 Å². The highest BCUT2D eigenvalue weighted by Gasteiger charge is 2.16. The first-order chi connectivity index (χ1) is 8.74. The summed E-state index contributed by atoms with van der Waals surface area (Å²) in [6.45, 7) is 0. The number of benzene rings is 1. The molecule has 0 spiro atoms. The van der Waals surface area contributed by atoms with E-state index in [0.717, 1.165) is 11.3 Å². The molecule has 1 aromatic carbocycles. The van der Waals surface area contributed by atoms with Gasteiger partial charge in [0.15, 0.2) is 0 Å². The third-order valence-electron chi connectivity index (χ3n) is 2.65. The predicted octanol–water partition coefficient (Wildman–Crippen LogP) is 1.91. The Morgan fingerprint density at radius 2 is 2.11 bits per heavy atom. The highest BCUT2D eigenvalue weighted by molar-refractivity contribution is 5.97. The zero-order valence-corrected chi connectivity index (χ0v) is 9.53. The lowest BCUT2D eigenvalue weighted by atomic mass is 10.0. The minimum absolute atomic E-state index is 0.0188. The van der Waals surface area contributed by atoms with Crippen LogP contribution in [0.25, 0.3) is 0 Å². The summed E-state index contributed by atoms with van der Waals surface area (Å²) in [6, 6.07) is 9.12. The quantitative estimate of drug-likeness (QED) is 0.770. The summed E-state index contributed by atoms with van der Waals surface area (Å²) >= 11 is 0. The van der Waals surface area contributed by atoms with Crippen LogP contribution < -0.4 is 10.6 Å². The molecule has 1 aliphatic rings. The lowest BCUT2D eigenvalue weighted by Crippen LogP contribution is -2.19. The van der Waals surface area contributed by atoms with Gasteiger partial charge in [0, 0.05) is 12.6 Å². The lowest BCUT2D eigenvalue weighted by Gasteiger charge is -2.19. The van der Waals surface area contributed by atoms with Crippen molar-refractivity contribution in [3.63, 3.8) is 0 Å². The van der Waals surface area contributed by atoms with Gasteiger partial charge in [0.1, 0.15) is 17.7 Å². The van der Waals surface area contributed by atoms with Crippen LogP contribution >= 0.6 is 0 Å². The molecule has 0 radical (unpaired) electrons. The molecule has 5 nitrogen and oxygen atoms in total. The van der Waals surface area contributed by atoms with Gasteiger partial charge in [-0.15, -0.1) is 0 Å². The van der Waals surface area contributed by atoms with Crippen LogP contribution in [0.3, 0.4) is 0 Å². The van der Waals surface area contributed by atoms with Crippen molar-refractivity contribution < 1.29 is 4.79 Å². The van der Waals surface area contributed by atoms with E-state index in [9.17, 15) is 4.79 Å². The molecule has 0 unspecified atom stereocenters. The Morgan fingerprint density at radius 3 is 2.83 bits per heavy atom. The monoisotopic (exact) mass is 238 g/mol. The molecule has 2 rings (SSSR count). The fraction of sp³-hybridized carbons (Fsp3) is 0.154. The van der Waals surface area contributed by atoms with Gasteiger partial charge in [-0.25, -0.2) is 0 Å². The minimum Gasteiger partial charge on any atom is -0.358 e. The average Bonchev–Trinajstić information content (AvgIpc) is 2.40. The molecule has 2 N–H and O–H groups in total. The number of fused-ring (bicyclic) bond motifs is 1. The van der Waals surface area contributed by atoms with Gasteiger partial charge in [0.25, 0.3) is 0 Å².